The van der Waals surface area contributed by atoms with E-state index in [2.05, 4.69) is 20.5 Å². The van der Waals surface area contributed by atoms with Gasteiger partial charge in [-0.1, -0.05) is 6.42 Å². The van der Waals surface area contributed by atoms with Crippen LogP contribution in [-0.4, -0.2) is 33.2 Å². The van der Waals surface area contributed by atoms with Crippen molar-refractivity contribution in [1.29, 1.82) is 0 Å². The second-order valence-corrected chi connectivity index (χ2v) is 5.44. The second-order valence-electron chi connectivity index (χ2n) is 4.29. The molecule has 0 radical (unpaired) electrons. The van der Waals surface area contributed by atoms with Crippen molar-refractivity contribution in [2.24, 2.45) is 0 Å². The second kappa shape index (κ2) is 4.14. The van der Waals surface area contributed by atoms with E-state index in [0.717, 1.165) is 23.9 Å². The fourth-order valence-electron chi connectivity index (χ4n) is 2.03. The normalized spacial score (nSPS) is 27.6. The zero-order chi connectivity index (χ0) is 10.1. The highest BCUT2D eigenvalue weighted by molar-refractivity contribution is 7.99. The van der Waals surface area contributed by atoms with Gasteiger partial charge < -0.3 is 5.32 Å². The summed E-state index contributed by atoms with van der Waals surface area (Å²) in [6.45, 7) is 1.08. The lowest BCUT2D eigenvalue weighted by Gasteiger charge is -2.22. The molecule has 1 aliphatic carbocycles. The first-order valence-corrected chi connectivity index (χ1v) is 6.82. The average Bonchev–Trinajstić information content (AvgIpc) is 2.66. The molecule has 4 nitrogen and oxygen atoms in total. The van der Waals surface area contributed by atoms with Gasteiger partial charge in [0, 0.05) is 24.0 Å². The third-order valence-electron chi connectivity index (χ3n) is 3.24. The summed E-state index contributed by atoms with van der Waals surface area (Å²) in [6, 6.07) is 0.380. The topological polar surface area (TPSA) is 53.6 Å². The molecule has 1 aliphatic heterocycles. The van der Waals surface area contributed by atoms with Gasteiger partial charge in [-0.15, -0.1) is 0 Å². The Bertz CT molecular complexity index is 328. The molecule has 1 unspecified atom stereocenters. The van der Waals surface area contributed by atoms with E-state index < -0.39 is 0 Å². The van der Waals surface area contributed by atoms with Crippen molar-refractivity contribution in [3.05, 3.63) is 11.6 Å². The smallest absolute Gasteiger partial charge is 0.153 e. The Morgan fingerprint density at radius 2 is 2.27 bits per heavy atom. The lowest BCUT2D eigenvalue weighted by atomic mass is 9.85. The SMILES string of the molecule is C1CC(c2n[nH]c(C3CSCCN3)n2)C1. The minimum absolute atomic E-state index is 0.380. The van der Waals surface area contributed by atoms with Crippen LogP contribution in [0.2, 0.25) is 0 Å². The number of aromatic nitrogens is 3. The fourth-order valence-corrected chi connectivity index (χ4v) is 2.97. The van der Waals surface area contributed by atoms with Crippen LogP contribution < -0.4 is 5.32 Å². The summed E-state index contributed by atoms with van der Waals surface area (Å²) < 4.78 is 0. The van der Waals surface area contributed by atoms with Gasteiger partial charge in [0.25, 0.3) is 0 Å². The quantitative estimate of drug-likeness (QED) is 0.798. The Hall–Kier alpha value is -0.550. The molecular weight excluding hydrogens is 208 g/mol. The summed E-state index contributed by atoms with van der Waals surface area (Å²) in [6.07, 6.45) is 3.88. The molecule has 0 bridgehead atoms. The number of aromatic amines is 1. The molecule has 0 aromatic carbocycles. The number of hydrogen-bond acceptors (Lipinski definition) is 4. The van der Waals surface area contributed by atoms with E-state index in [1.165, 1.54) is 25.0 Å². The Balaban J connectivity index is 1.71. The summed E-state index contributed by atoms with van der Waals surface area (Å²) in [5.41, 5.74) is 0. The predicted molar refractivity (Wildman–Crippen MR) is 61.0 cm³/mol. The number of nitrogens with zero attached hydrogens (tertiary/aromatic N) is 2. The number of thioether (sulfide) groups is 1. The molecule has 1 aromatic rings. The summed E-state index contributed by atoms with van der Waals surface area (Å²) in [5.74, 6) is 5.02. The molecule has 1 saturated carbocycles. The van der Waals surface area contributed by atoms with Gasteiger partial charge in [-0.25, -0.2) is 4.98 Å². The van der Waals surface area contributed by atoms with E-state index in [-0.39, 0.29) is 0 Å². The molecule has 0 amide bonds. The van der Waals surface area contributed by atoms with Gasteiger partial charge in [0.2, 0.25) is 0 Å². The first-order chi connectivity index (χ1) is 7.43. The highest BCUT2D eigenvalue weighted by Gasteiger charge is 2.25. The zero-order valence-corrected chi connectivity index (χ0v) is 9.52. The Morgan fingerprint density at radius 1 is 1.33 bits per heavy atom. The van der Waals surface area contributed by atoms with Gasteiger partial charge in [-0.2, -0.15) is 16.9 Å². The van der Waals surface area contributed by atoms with Crippen LogP contribution in [0.15, 0.2) is 0 Å². The van der Waals surface area contributed by atoms with Crippen LogP contribution in [-0.2, 0) is 0 Å². The highest BCUT2D eigenvalue weighted by atomic mass is 32.2. The van der Waals surface area contributed by atoms with E-state index in [1.54, 1.807) is 0 Å². The minimum Gasteiger partial charge on any atom is -0.306 e. The molecule has 82 valence electrons. The van der Waals surface area contributed by atoms with Crippen molar-refractivity contribution in [2.75, 3.05) is 18.1 Å². The van der Waals surface area contributed by atoms with Gasteiger partial charge in [-0.3, -0.25) is 5.10 Å². The summed E-state index contributed by atoms with van der Waals surface area (Å²) in [4.78, 5) is 4.61. The number of nitrogens with one attached hydrogen (secondary N) is 2. The van der Waals surface area contributed by atoms with Crippen molar-refractivity contribution in [3.8, 4) is 0 Å². The molecule has 2 N–H and O–H groups in total. The van der Waals surface area contributed by atoms with Crippen molar-refractivity contribution >= 4 is 11.8 Å². The van der Waals surface area contributed by atoms with E-state index >= 15 is 0 Å². The van der Waals surface area contributed by atoms with Gasteiger partial charge in [0.15, 0.2) is 5.82 Å². The largest absolute Gasteiger partial charge is 0.306 e. The Morgan fingerprint density at radius 3 is 2.93 bits per heavy atom. The maximum atomic E-state index is 4.61. The van der Waals surface area contributed by atoms with Crippen LogP contribution in [0.25, 0.3) is 0 Å². The average molecular weight is 224 g/mol. The Labute approximate surface area is 93.6 Å². The van der Waals surface area contributed by atoms with Gasteiger partial charge in [-0.05, 0) is 12.8 Å². The minimum atomic E-state index is 0.380. The lowest BCUT2D eigenvalue weighted by Crippen LogP contribution is -2.31. The third-order valence-corrected chi connectivity index (χ3v) is 4.30. The summed E-state index contributed by atoms with van der Waals surface area (Å²) in [5, 5.41) is 10.9. The van der Waals surface area contributed by atoms with Crippen LogP contribution in [0, 0.1) is 0 Å². The molecule has 1 atom stereocenters. The van der Waals surface area contributed by atoms with Crippen LogP contribution in [0.4, 0.5) is 0 Å². The molecule has 1 saturated heterocycles. The molecule has 2 aliphatic rings. The van der Waals surface area contributed by atoms with E-state index in [4.69, 9.17) is 0 Å². The van der Waals surface area contributed by atoms with Gasteiger partial charge in [0.1, 0.15) is 5.82 Å². The third kappa shape index (κ3) is 1.90. The van der Waals surface area contributed by atoms with Crippen molar-refractivity contribution in [1.82, 2.24) is 20.5 Å². The van der Waals surface area contributed by atoms with Crippen LogP contribution in [0.3, 0.4) is 0 Å². The molecular formula is C10H16N4S. The van der Waals surface area contributed by atoms with Gasteiger partial charge >= 0.3 is 0 Å². The lowest BCUT2D eigenvalue weighted by molar-refractivity contribution is 0.402. The standard InChI is InChI=1S/C10H16N4S/c1-2-7(3-1)9-12-10(14-13-9)8-6-15-5-4-11-8/h7-8,11H,1-6H2,(H,12,13,14). The molecule has 1 aromatic heterocycles. The molecule has 0 spiro atoms. The molecule has 3 rings (SSSR count). The van der Waals surface area contributed by atoms with Crippen molar-refractivity contribution in [3.63, 3.8) is 0 Å². The predicted octanol–water partition coefficient (Wildman–Crippen LogP) is 1.45. The molecule has 2 fully saturated rings. The van der Waals surface area contributed by atoms with Crippen LogP contribution in [0.1, 0.15) is 42.9 Å². The van der Waals surface area contributed by atoms with Crippen LogP contribution >= 0.6 is 11.8 Å². The molecule has 2 heterocycles. The fraction of sp³-hybridized carbons (Fsp3) is 0.800. The number of H-pyrrole nitrogens is 1. The van der Waals surface area contributed by atoms with Gasteiger partial charge in [0.05, 0.1) is 6.04 Å². The maximum Gasteiger partial charge on any atom is 0.153 e. The first-order valence-electron chi connectivity index (χ1n) is 5.67. The summed E-state index contributed by atoms with van der Waals surface area (Å²) >= 11 is 1.98. The van der Waals surface area contributed by atoms with E-state index in [0.29, 0.717) is 12.0 Å². The van der Waals surface area contributed by atoms with Crippen LogP contribution in [0.5, 0.6) is 0 Å². The van der Waals surface area contributed by atoms with E-state index in [9.17, 15) is 0 Å². The molecule has 15 heavy (non-hydrogen) atoms. The molecule has 5 heteroatoms. The monoisotopic (exact) mass is 224 g/mol. The Kier molecular flexibility index (Phi) is 2.66. The maximum absolute atomic E-state index is 4.61. The summed E-state index contributed by atoms with van der Waals surface area (Å²) in [7, 11) is 0. The van der Waals surface area contributed by atoms with E-state index in [1.807, 2.05) is 11.8 Å². The highest BCUT2D eigenvalue weighted by Crippen LogP contribution is 2.34. The number of rotatable bonds is 2. The number of hydrogen-bond donors (Lipinski definition) is 2. The zero-order valence-electron chi connectivity index (χ0n) is 8.70. The van der Waals surface area contributed by atoms with Crippen molar-refractivity contribution < 1.29 is 0 Å². The first kappa shape index (κ1) is 9.66. The van der Waals surface area contributed by atoms with Crippen molar-refractivity contribution in [2.45, 2.75) is 31.2 Å².